The van der Waals surface area contributed by atoms with Gasteiger partial charge in [-0.2, -0.15) is 0 Å². The summed E-state index contributed by atoms with van der Waals surface area (Å²) in [5.41, 5.74) is -0.0573. The van der Waals surface area contributed by atoms with Gasteiger partial charge in [-0.25, -0.2) is 0 Å². The second-order valence-electron chi connectivity index (χ2n) is 8.24. The van der Waals surface area contributed by atoms with Crippen LogP contribution in [-0.4, -0.2) is 11.6 Å². The molecule has 0 aromatic carbocycles. The van der Waals surface area contributed by atoms with Crippen LogP contribution in [0, 0.1) is 10.8 Å². The van der Waals surface area contributed by atoms with E-state index in [1.54, 1.807) is 0 Å². The van der Waals surface area contributed by atoms with Gasteiger partial charge in [-0.05, 0) is 51.4 Å². The fourth-order valence-corrected chi connectivity index (χ4v) is 5.18. The van der Waals surface area contributed by atoms with Crippen molar-refractivity contribution in [2.24, 2.45) is 10.8 Å². The van der Waals surface area contributed by atoms with Crippen LogP contribution in [0.15, 0.2) is 0 Å². The van der Waals surface area contributed by atoms with Crippen molar-refractivity contribution in [1.82, 2.24) is 0 Å². The second kappa shape index (κ2) is 6.84. The molecule has 22 heavy (non-hydrogen) atoms. The minimum Gasteiger partial charge on any atom is -0.299 e. The van der Waals surface area contributed by atoms with Crippen LogP contribution in [0.1, 0.15) is 103 Å². The first kappa shape index (κ1) is 16.2. The van der Waals surface area contributed by atoms with Crippen molar-refractivity contribution in [3.8, 4) is 0 Å². The molecule has 0 saturated heterocycles. The van der Waals surface area contributed by atoms with E-state index in [4.69, 9.17) is 0 Å². The number of rotatable bonds is 0. The Morgan fingerprint density at radius 1 is 0.455 bits per heavy atom. The summed E-state index contributed by atoms with van der Waals surface area (Å²) in [6, 6.07) is 0. The summed E-state index contributed by atoms with van der Waals surface area (Å²) in [4.78, 5) is 25.5. The topological polar surface area (TPSA) is 34.1 Å². The van der Waals surface area contributed by atoms with Gasteiger partial charge in [0.25, 0.3) is 0 Å². The van der Waals surface area contributed by atoms with E-state index in [1.165, 1.54) is 38.5 Å². The maximum absolute atomic E-state index is 12.7. The lowest BCUT2D eigenvalue weighted by Crippen LogP contribution is -2.49. The van der Waals surface area contributed by atoms with Crippen molar-refractivity contribution in [2.75, 3.05) is 0 Å². The Morgan fingerprint density at radius 2 is 0.727 bits per heavy atom. The van der Waals surface area contributed by atoms with Crippen LogP contribution in [0.4, 0.5) is 0 Å². The molecule has 0 aromatic heterocycles. The van der Waals surface area contributed by atoms with Crippen LogP contribution < -0.4 is 0 Å². The van der Waals surface area contributed by atoms with Crippen molar-refractivity contribution >= 4 is 11.6 Å². The molecule has 6 aliphatic carbocycles. The van der Waals surface area contributed by atoms with Crippen molar-refractivity contribution in [3.05, 3.63) is 0 Å². The molecule has 6 fully saturated rings. The van der Waals surface area contributed by atoms with Gasteiger partial charge in [0.2, 0.25) is 0 Å². The Bertz CT molecular complexity index is 359. The lowest BCUT2D eigenvalue weighted by Gasteiger charge is -2.52. The molecule has 0 N–H and O–H groups in total. The van der Waals surface area contributed by atoms with Crippen LogP contribution in [0.2, 0.25) is 0 Å². The van der Waals surface area contributed by atoms with Gasteiger partial charge in [0.1, 0.15) is 11.6 Å². The molecule has 6 rings (SSSR count). The number of ketones is 2. The first-order valence-electron chi connectivity index (χ1n) is 9.74. The highest BCUT2D eigenvalue weighted by atomic mass is 16.1. The van der Waals surface area contributed by atoms with Gasteiger partial charge in [-0.1, -0.05) is 38.5 Å². The minimum atomic E-state index is -0.0287. The molecular formula is C20H32O2. The first-order chi connectivity index (χ1) is 10.7. The Hall–Kier alpha value is -0.660. The second-order valence-corrected chi connectivity index (χ2v) is 8.24. The maximum atomic E-state index is 12.7. The lowest BCUT2D eigenvalue weighted by molar-refractivity contribution is -0.148. The summed E-state index contributed by atoms with van der Waals surface area (Å²) in [6.45, 7) is 0. The lowest BCUT2D eigenvalue weighted by atomic mass is 9.50. The SMILES string of the molecule is O=C1CCCCCCCCCCC(=O)C23CCC1(CC2)CC3. The molecule has 0 radical (unpaired) electrons. The van der Waals surface area contributed by atoms with Crippen LogP contribution in [0.3, 0.4) is 0 Å². The van der Waals surface area contributed by atoms with Gasteiger partial charge >= 0.3 is 0 Å². The summed E-state index contributed by atoms with van der Waals surface area (Å²) in [6.07, 6.45) is 17.4. The smallest absolute Gasteiger partial charge is 0.139 e. The van der Waals surface area contributed by atoms with E-state index in [-0.39, 0.29) is 10.8 Å². The van der Waals surface area contributed by atoms with E-state index in [2.05, 4.69) is 0 Å². The monoisotopic (exact) mass is 304 g/mol. The third-order valence-electron chi connectivity index (χ3n) is 6.99. The quantitative estimate of drug-likeness (QED) is 0.602. The fraction of sp³-hybridized carbons (Fsp3) is 0.900. The van der Waals surface area contributed by atoms with Gasteiger partial charge in [-0.3, -0.25) is 9.59 Å². The van der Waals surface area contributed by atoms with Gasteiger partial charge in [-0.15, -0.1) is 0 Å². The van der Waals surface area contributed by atoms with Gasteiger partial charge in [0, 0.05) is 23.7 Å². The number of carbonyl (C=O) groups excluding carboxylic acids is 2. The van der Waals surface area contributed by atoms with Gasteiger partial charge in [0.15, 0.2) is 0 Å². The predicted octanol–water partition coefficient (Wildman–Crippen LogP) is 5.38. The Balaban J connectivity index is 1.68. The molecule has 2 nitrogen and oxygen atoms in total. The van der Waals surface area contributed by atoms with E-state index in [0.717, 1.165) is 64.2 Å². The molecule has 0 atom stereocenters. The zero-order valence-electron chi connectivity index (χ0n) is 14.1. The van der Waals surface area contributed by atoms with Crippen molar-refractivity contribution in [3.63, 3.8) is 0 Å². The summed E-state index contributed by atoms with van der Waals surface area (Å²) < 4.78 is 0. The summed E-state index contributed by atoms with van der Waals surface area (Å²) in [5, 5.41) is 0. The number of hydrogen-bond acceptors (Lipinski definition) is 2. The molecule has 2 bridgehead atoms. The number of Topliss-reactive ketones (excluding diaryl/α,β-unsaturated/α-hetero) is 2. The maximum Gasteiger partial charge on any atom is 0.139 e. The van der Waals surface area contributed by atoms with Crippen LogP contribution in [0.25, 0.3) is 0 Å². The van der Waals surface area contributed by atoms with E-state index < -0.39 is 0 Å². The van der Waals surface area contributed by atoms with Crippen LogP contribution >= 0.6 is 0 Å². The van der Waals surface area contributed by atoms with E-state index in [1.807, 2.05) is 0 Å². The van der Waals surface area contributed by atoms with Crippen molar-refractivity contribution < 1.29 is 9.59 Å². The normalized spacial score (nSPS) is 38.4. The third-order valence-corrected chi connectivity index (χ3v) is 6.99. The molecule has 0 aliphatic heterocycles. The fourth-order valence-electron chi connectivity index (χ4n) is 5.18. The van der Waals surface area contributed by atoms with Crippen LogP contribution in [0.5, 0.6) is 0 Å². The molecule has 0 spiro atoms. The number of carbonyl (C=O) groups is 2. The van der Waals surface area contributed by atoms with Crippen molar-refractivity contribution in [2.45, 2.75) is 103 Å². The van der Waals surface area contributed by atoms with E-state index in [9.17, 15) is 9.59 Å². The van der Waals surface area contributed by atoms with Gasteiger partial charge in [0.05, 0.1) is 0 Å². The molecule has 0 amide bonds. The van der Waals surface area contributed by atoms with Crippen LogP contribution in [-0.2, 0) is 9.59 Å². The zero-order chi connectivity index (χ0) is 15.5. The van der Waals surface area contributed by atoms with Crippen molar-refractivity contribution in [1.29, 1.82) is 0 Å². The molecule has 2 heteroatoms. The predicted molar refractivity (Wildman–Crippen MR) is 88.8 cm³/mol. The standard InChI is InChI=1S/C20H32O2/c21-17-9-7-5-3-1-2-4-6-8-10-18(22)20-14-11-19(17,12-15-20)13-16-20/h1-16H2. The Kier molecular flexibility index (Phi) is 5.04. The molecule has 6 saturated carbocycles. The molecule has 124 valence electrons. The average Bonchev–Trinajstić information content (AvgIpc) is 2.56. The highest BCUT2D eigenvalue weighted by Crippen LogP contribution is 2.58. The third kappa shape index (κ3) is 3.16. The largest absolute Gasteiger partial charge is 0.299 e. The highest BCUT2D eigenvalue weighted by Gasteiger charge is 2.54. The summed E-state index contributed by atoms with van der Waals surface area (Å²) >= 11 is 0. The summed E-state index contributed by atoms with van der Waals surface area (Å²) in [7, 11) is 0. The Morgan fingerprint density at radius 3 is 1.05 bits per heavy atom. The highest BCUT2D eigenvalue weighted by molar-refractivity contribution is 5.89. The summed E-state index contributed by atoms with van der Waals surface area (Å²) in [5.74, 6) is 1.06. The molecule has 6 aliphatic rings. The van der Waals surface area contributed by atoms with E-state index in [0.29, 0.717) is 11.6 Å². The Labute approximate surface area is 135 Å². The zero-order valence-corrected chi connectivity index (χ0v) is 14.1. The first-order valence-corrected chi connectivity index (χ1v) is 9.74. The van der Waals surface area contributed by atoms with Gasteiger partial charge < -0.3 is 0 Å². The molecule has 0 aromatic rings. The average molecular weight is 304 g/mol. The molecule has 0 unspecified atom stereocenters. The number of hydrogen-bond donors (Lipinski definition) is 0. The minimum absolute atomic E-state index is 0.0287. The molecule has 0 heterocycles. The van der Waals surface area contributed by atoms with E-state index >= 15 is 0 Å². The molecular weight excluding hydrogens is 272 g/mol.